The van der Waals surface area contributed by atoms with Crippen LogP contribution in [-0.4, -0.2) is 0 Å². The van der Waals surface area contributed by atoms with Crippen LogP contribution in [0.1, 0.15) is 91.2 Å². The lowest BCUT2D eigenvalue weighted by Gasteiger charge is -2.36. The summed E-state index contributed by atoms with van der Waals surface area (Å²) in [5.41, 5.74) is 2.66. The molecule has 0 amide bonds. The summed E-state index contributed by atoms with van der Waals surface area (Å²) >= 11 is 0. The molecule has 0 heteroatoms. The summed E-state index contributed by atoms with van der Waals surface area (Å²) in [6, 6.07) is 8.48. The van der Waals surface area contributed by atoms with Gasteiger partial charge in [-0.25, -0.2) is 0 Å². The fourth-order valence-corrected chi connectivity index (χ4v) is 4.15. The highest BCUT2D eigenvalue weighted by Crippen LogP contribution is 2.40. The molecule has 2 fully saturated rings. The Balaban J connectivity index is 0.000000460. The molecule has 0 saturated heterocycles. The van der Waals surface area contributed by atoms with E-state index in [2.05, 4.69) is 52.0 Å². The third kappa shape index (κ3) is 7.86. The van der Waals surface area contributed by atoms with Gasteiger partial charge in [0, 0.05) is 0 Å². The van der Waals surface area contributed by atoms with Crippen LogP contribution in [0.15, 0.2) is 24.3 Å². The van der Waals surface area contributed by atoms with Crippen LogP contribution in [0.5, 0.6) is 0 Å². The molecule has 0 aliphatic heterocycles. The molecule has 0 spiro atoms. The van der Waals surface area contributed by atoms with Crippen LogP contribution in [0.3, 0.4) is 0 Å². The molecule has 2 aliphatic carbocycles. The maximum atomic E-state index is 2.43. The molecule has 24 heavy (non-hydrogen) atoms. The smallest absolute Gasteiger partial charge is 0.0386 e. The van der Waals surface area contributed by atoms with Crippen LogP contribution in [0.2, 0.25) is 0 Å². The molecule has 0 bridgehead atoms. The molecule has 0 radical (unpaired) electrons. The van der Waals surface area contributed by atoms with Crippen LogP contribution in [0.4, 0.5) is 0 Å². The molecule has 3 rings (SSSR count). The maximum absolute atomic E-state index is 2.43. The third-order valence-electron chi connectivity index (χ3n) is 6.01. The lowest BCUT2D eigenvalue weighted by Crippen LogP contribution is -2.24. The van der Waals surface area contributed by atoms with Crippen LogP contribution >= 0.6 is 0 Å². The summed E-state index contributed by atoms with van der Waals surface area (Å²) in [5, 5.41) is 0. The summed E-state index contributed by atoms with van der Waals surface area (Å²) in [7, 11) is 0. The predicted octanol–water partition coefficient (Wildman–Crippen LogP) is 8.21. The maximum Gasteiger partial charge on any atom is -0.0386 e. The van der Waals surface area contributed by atoms with E-state index in [0.29, 0.717) is 0 Å². The average molecular weight is 333 g/mol. The monoisotopic (exact) mass is 332 g/mol. The fourth-order valence-electron chi connectivity index (χ4n) is 4.15. The number of aryl methyl sites for hydroxylation is 2. The van der Waals surface area contributed by atoms with E-state index in [1.54, 1.807) is 25.7 Å². The van der Waals surface area contributed by atoms with Crippen molar-refractivity contribution in [1.29, 1.82) is 0 Å². The first-order valence-corrected chi connectivity index (χ1v) is 9.58. The SMILES string of the molecule is C.C.CC1CCC(C2CCC(C)CC2)CC1.Cc1ccc(C)cc1. The Kier molecular flexibility index (Phi) is 11.3. The van der Waals surface area contributed by atoms with E-state index in [4.69, 9.17) is 0 Å². The first-order chi connectivity index (χ1) is 10.5. The second kappa shape index (κ2) is 11.7. The van der Waals surface area contributed by atoms with Gasteiger partial charge < -0.3 is 0 Å². The minimum absolute atomic E-state index is 0. The normalized spacial score (nSPS) is 29.3. The molecule has 0 N–H and O–H groups in total. The van der Waals surface area contributed by atoms with E-state index in [1.807, 2.05) is 0 Å². The topological polar surface area (TPSA) is 0 Å². The van der Waals surface area contributed by atoms with Gasteiger partial charge in [-0.2, -0.15) is 0 Å². The molecule has 2 aliphatic rings. The molecule has 0 aromatic heterocycles. The highest BCUT2D eigenvalue weighted by atomic mass is 14.3. The van der Waals surface area contributed by atoms with E-state index in [-0.39, 0.29) is 14.9 Å². The summed E-state index contributed by atoms with van der Waals surface area (Å²) in [5.74, 6) is 4.26. The summed E-state index contributed by atoms with van der Waals surface area (Å²) in [4.78, 5) is 0. The zero-order valence-corrected chi connectivity index (χ0v) is 15.3. The van der Waals surface area contributed by atoms with Gasteiger partial charge in [-0.05, 0) is 63.2 Å². The Morgan fingerprint density at radius 1 is 0.542 bits per heavy atom. The van der Waals surface area contributed by atoms with Gasteiger partial charge in [0.1, 0.15) is 0 Å². The Labute approximate surface area is 153 Å². The van der Waals surface area contributed by atoms with Crippen molar-refractivity contribution in [3.63, 3.8) is 0 Å². The standard InChI is InChI=1S/C14H26.C8H10.2CH4/c1-11-3-7-13(8-4-11)14-9-5-12(2)6-10-14;1-7-3-5-8(2)6-4-7;;/h11-14H,3-10H2,1-2H3;3-6H,1-2H3;2*1H4. The van der Waals surface area contributed by atoms with Crippen LogP contribution < -0.4 is 0 Å². The van der Waals surface area contributed by atoms with E-state index in [9.17, 15) is 0 Å². The highest BCUT2D eigenvalue weighted by molar-refractivity contribution is 5.19. The summed E-state index contributed by atoms with van der Waals surface area (Å²) in [6.45, 7) is 9.05. The lowest BCUT2D eigenvalue weighted by molar-refractivity contribution is 0.155. The quantitative estimate of drug-likeness (QED) is 0.486. The van der Waals surface area contributed by atoms with Crippen molar-refractivity contribution in [3.8, 4) is 0 Å². The predicted molar refractivity (Wildman–Crippen MR) is 112 cm³/mol. The zero-order chi connectivity index (χ0) is 15.9. The van der Waals surface area contributed by atoms with Gasteiger partial charge in [0.2, 0.25) is 0 Å². The second-order valence-corrected chi connectivity index (χ2v) is 8.19. The van der Waals surface area contributed by atoms with Gasteiger partial charge in [0.25, 0.3) is 0 Å². The Hall–Kier alpha value is -0.780. The average Bonchev–Trinajstić information content (AvgIpc) is 2.53. The van der Waals surface area contributed by atoms with Crippen LogP contribution in [0, 0.1) is 37.5 Å². The Morgan fingerprint density at radius 2 is 0.792 bits per heavy atom. The van der Waals surface area contributed by atoms with Crippen molar-refractivity contribution in [2.45, 2.75) is 93.9 Å². The molecule has 1 aromatic rings. The van der Waals surface area contributed by atoms with E-state index >= 15 is 0 Å². The van der Waals surface area contributed by atoms with Crippen molar-refractivity contribution in [2.24, 2.45) is 23.7 Å². The Morgan fingerprint density at radius 3 is 1.04 bits per heavy atom. The minimum atomic E-state index is 0. The van der Waals surface area contributed by atoms with Crippen LogP contribution in [-0.2, 0) is 0 Å². The molecule has 140 valence electrons. The van der Waals surface area contributed by atoms with Gasteiger partial charge in [-0.15, -0.1) is 0 Å². The number of rotatable bonds is 1. The largest absolute Gasteiger partial charge is 0.0776 e. The van der Waals surface area contributed by atoms with Gasteiger partial charge in [0.05, 0.1) is 0 Å². The van der Waals surface area contributed by atoms with Crippen molar-refractivity contribution in [2.75, 3.05) is 0 Å². The van der Waals surface area contributed by atoms with Gasteiger partial charge in [-0.3, -0.25) is 0 Å². The molecule has 1 aromatic carbocycles. The Bertz CT molecular complexity index is 359. The number of hydrogen-bond donors (Lipinski definition) is 0. The first kappa shape index (κ1) is 23.2. The summed E-state index contributed by atoms with van der Waals surface area (Å²) in [6.07, 6.45) is 12.2. The molecule has 0 atom stereocenters. The van der Waals surface area contributed by atoms with Crippen molar-refractivity contribution in [3.05, 3.63) is 35.4 Å². The molecular formula is C24H44. The van der Waals surface area contributed by atoms with Crippen molar-refractivity contribution >= 4 is 0 Å². The number of benzene rings is 1. The van der Waals surface area contributed by atoms with Crippen LogP contribution in [0.25, 0.3) is 0 Å². The summed E-state index contributed by atoms with van der Waals surface area (Å²) < 4.78 is 0. The molecular weight excluding hydrogens is 288 g/mol. The van der Waals surface area contributed by atoms with Gasteiger partial charge >= 0.3 is 0 Å². The van der Waals surface area contributed by atoms with E-state index in [1.165, 1.54) is 36.8 Å². The molecule has 0 nitrogen and oxygen atoms in total. The molecule has 0 unspecified atom stereocenters. The van der Waals surface area contributed by atoms with Gasteiger partial charge in [0.15, 0.2) is 0 Å². The van der Waals surface area contributed by atoms with Crippen molar-refractivity contribution < 1.29 is 0 Å². The van der Waals surface area contributed by atoms with E-state index in [0.717, 1.165) is 23.7 Å². The minimum Gasteiger partial charge on any atom is -0.0776 e. The van der Waals surface area contributed by atoms with E-state index < -0.39 is 0 Å². The fraction of sp³-hybridized carbons (Fsp3) is 0.750. The molecule has 0 heterocycles. The third-order valence-corrected chi connectivity index (χ3v) is 6.01. The van der Waals surface area contributed by atoms with Gasteiger partial charge in [-0.1, -0.05) is 89.8 Å². The first-order valence-electron chi connectivity index (χ1n) is 9.58. The highest BCUT2D eigenvalue weighted by Gasteiger charge is 2.28. The second-order valence-electron chi connectivity index (χ2n) is 8.19. The zero-order valence-electron chi connectivity index (χ0n) is 15.3. The number of hydrogen-bond acceptors (Lipinski definition) is 0. The van der Waals surface area contributed by atoms with Crippen molar-refractivity contribution in [1.82, 2.24) is 0 Å². The lowest BCUT2D eigenvalue weighted by atomic mass is 9.70. The molecule has 2 saturated carbocycles.